The quantitative estimate of drug-likeness (QED) is 0.171. The molecule has 0 heterocycles. The molecule has 4 aromatic rings. The van der Waals surface area contributed by atoms with E-state index >= 15 is 0 Å². The zero-order chi connectivity index (χ0) is 25.6. The molecule has 0 spiro atoms. The number of hydrogen-bond donors (Lipinski definition) is 0. The van der Waals surface area contributed by atoms with Gasteiger partial charge in [0.05, 0.1) is 0 Å². The maximum absolute atomic E-state index is 2.50. The van der Waals surface area contributed by atoms with E-state index in [1.807, 2.05) is 0 Å². The van der Waals surface area contributed by atoms with Crippen molar-refractivity contribution in [2.45, 2.75) is 28.2 Å². The van der Waals surface area contributed by atoms with Crippen LogP contribution in [0, 0.1) is 0 Å². The van der Waals surface area contributed by atoms with E-state index < -0.39 is 0 Å². The standard InChI is InChI=1S/C14H14.C11H12P.C10H9.Ti/c1-3-7-13(8-4-1)11-12-14-9-5-2-6-10-14;1-12(2)11-7-9-5-3-4-6-10(9)8-11;1-8-6-9-4-2-3-5-10(9)7-8;/h1-10H,11-12H2;3-8H,1-2H3;2-7H,1H3;. The summed E-state index contributed by atoms with van der Waals surface area (Å²) in [6.45, 7) is 7.16. The summed E-state index contributed by atoms with van der Waals surface area (Å²) in [5, 5.41) is 1.72. The van der Waals surface area contributed by atoms with Crippen molar-refractivity contribution in [2.24, 2.45) is 0 Å². The molecule has 2 aliphatic carbocycles. The number of allylic oxidation sites excluding steroid dienone is 2. The van der Waals surface area contributed by atoms with Crippen LogP contribution in [-0.2, 0) is 32.0 Å². The van der Waals surface area contributed by atoms with Gasteiger partial charge in [-0.3, -0.25) is 0 Å². The van der Waals surface area contributed by atoms with Gasteiger partial charge < -0.3 is 0 Å². The van der Waals surface area contributed by atoms with Gasteiger partial charge in [0, 0.05) is 0 Å². The van der Waals surface area contributed by atoms with E-state index in [-0.39, 0.29) is 27.1 Å². The van der Waals surface area contributed by atoms with Gasteiger partial charge in [-0.1, -0.05) is 60.7 Å². The van der Waals surface area contributed by atoms with E-state index in [2.05, 4.69) is 142 Å². The minimum atomic E-state index is -0.159. The minimum absolute atomic E-state index is 0.0161. The molecule has 0 saturated carbocycles. The van der Waals surface area contributed by atoms with Crippen molar-refractivity contribution in [3.63, 3.8) is 0 Å². The topological polar surface area (TPSA) is 0 Å². The summed E-state index contributed by atoms with van der Waals surface area (Å²) in [5.74, 6) is 0. The van der Waals surface area contributed by atoms with Crippen molar-refractivity contribution in [1.82, 2.24) is 0 Å². The Morgan fingerprint density at radius 3 is 1.57 bits per heavy atom. The van der Waals surface area contributed by atoms with Gasteiger partial charge in [0.1, 0.15) is 0 Å². The predicted octanol–water partition coefficient (Wildman–Crippen LogP) is 9.54. The molecule has 6 rings (SSSR count). The number of hydrogen-bond acceptors (Lipinski definition) is 0. The Balaban J connectivity index is 0.000000171. The largest absolute Gasteiger partial charge is 0.0622 e. The number of aryl methyl sites for hydroxylation is 2. The molecule has 0 N–H and O–H groups in total. The molecule has 2 heteroatoms. The van der Waals surface area contributed by atoms with Gasteiger partial charge >= 0.3 is 150 Å². The Hall–Kier alpha value is -2.50. The first-order valence-electron chi connectivity index (χ1n) is 13.2. The maximum atomic E-state index is 2.50. The van der Waals surface area contributed by atoms with E-state index in [4.69, 9.17) is 0 Å². The molecule has 4 aromatic carbocycles. The number of fused-ring (bicyclic) bond motifs is 2. The van der Waals surface area contributed by atoms with Gasteiger partial charge in [0.2, 0.25) is 0 Å². The van der Waals surface area contributed by atoms with Gasteiger partial charge in [-0.15, -0.1) is 0 Å². The zero-order valence-corrected chi connectivity index (χ0v) is 24.5. The second-order valence-electron chi connectivity index (χ2n) is 10.1. The molecule has 0 saturated heterocycles. The van der Waals surface area contributed by atoms with Crippen molar-refractivity contribution >= 4 is 20.1 Å². The molecule has 0 aromatic heterocycles. The third-order valence-corrected chi connectivity index (χ3v) is 12.3. The first-order valence-corrected chi connectivity index (χ1v) is 17.2. The van der Waals surface area contributed by atoms with Crippen LogP contribution in [0.4, 0.5) is 0 Å². The second kappa shape index (κ2) is 12.4. The van der Waals surface area contributed by atoms with E-state index in [0.29, 0.717) is 8.45 Å². The molecule has 0 fully saturated rings. The van der Waals surface area contributed by atoms with Crippen LogP contribution in [-0.4, -0.2) is 13.3 Å². The van der Waals surface area contributed by atoms with Crippen molar-refractivity contribution in [2.75, 3.05) is 13.3 Å². The van der Waals surface area contributed by atoms with Crippen LogP contribution in [0.15, 0.2) is 120 Å². The molecular formula is C35H35PTi. The normalized spacial score (nSPS) is 17.3. The molecule has 184 valence electrons. The van der Waals surface area contributed by atoms with Crippen LogP contribution in [0.25, 0.3) is 12.2 Å². The maximum Gasteiger partial charge on any atom is -0.0238 e. The van der Waals surface area contributed by atoms with Crippen molar-refractivity contribution < 1.29 is 19.2 Å². The Bertz CT molecular complexity index is 1350. The predicted molar refractivity (Wildman–Crippen MR) is 159 cm³/mol. The summed E-state index contributed by atoms with van der Waals surface area (Å²) >= 11 is -0.159. The van der Waals surface area contributed by atoms with Gasteiger partial charge in [-0.25, -0.2) is 0 Å². The monoisotopic (exact) mass is 534 g/mol. The smallest absolute Gasteiger partial charge is 0.0238 e. The summed E-state index contributed by atoms with van der Waals surface area (Å²) in [6, 6.07) is 39.3. The Morgan fingerprint density at radius 1 is 0.568 bits per heavy atom. The van der Waals surface area contributed by atoms with Crippen molar-refractivity contribution in [3.05, 3.63) is 153 Å². The third-order valence-electron chi connectivity index (χ3n) is 7.29. The van der Waals surface area contributed by atoms with E-state index in [0.717, 1.165) is 12.8 Å². The zero-order valence-electron chi connectivity index (χ0n) is 22.1. The number of rotatable bonds is 6. The second-order valence-corrected chi connectivity index (χ2v) is 14.7. The van der Waals surface area contributed by atoms with Crippen LogP contribution in [0.2, 0.25) is 0 Å². The average Bonchev–Trinajstić information content (AvgIpc) is 3.47. The number of benzene rings is 4. The fraction of sp³-hybridized carbons (Fsp3) is 0.200. The first-order chi connectivity index (χ1) is 18.1. The molecule has 0 nitrogen and oxygen atoms in total. The fourth-order valence-electron chi connectivity index (χ4n) is 5.31. The minimum Gasteiger partial charge on any atom is -0.0622 e. The van der Waals surface area contributed by atoms with Crippen LogP contribution in [0.1, 0.15) is 48.7 Å². The summed E-state index contributed by atoms with van der Waals surface area (Å²) in [4.78, 5) is 0. The summed E-state index contributed by atoms with van der Waals surface area (Å²) in [6.07, 6.45) is 7.17. The molecule has 0 radical (unpaired) electrons. The summed E-state index contributed by atoms with van der Waals surface area (Å²) in [5.41, 5.74) is 10.5. The summed E-state index contributed by atoms with van der Waals surface area (Å²) in [7, 11) is -0.0161. The van der Waals surface area contributed by atoms with Gasteiger partial charge in [0.15, 0.2) is 0 Å². The Kier molecular flexibility index (Phi) is 8.73. The molecule has 2 unspecified atom stereocenters. The molecule has 2 atom stereocenters. The Morgan fingerprint density at radius 2 is 1.03 bits per heavy atom. The summed E-state index contributed by atoms with van der Waals surface area (Å²) < 4.78 is 1.41. The van der Waals surface area contributed by atoms with Gasteiger partial charge in [-0.05, 0) is 24.0 Å². The van der Waals surface area contributed by atoms with Gasteiger partial charge in [-0.2, -0.15) is 0 Å². The fourth-order valence-corrected chi connectivity index (χ4v) is 10.7. The third kappa shape index (κ3) is 6.33. The molecule has 0 aliphatic heterocycles. The van der Waals surface area contributed by atoms with E-state index in [1.165, 1.54) is 22.3 Å². The Labute approximate surface area is 233 Å². The van der Waals surface area contributed by atoms with Crippen LogP contribution in [0.5, 0.6) is 0 Å². The van der Waals surface area contributed by atoms with Crippen LogP contribution in [0.3, 0.4) is 0 Å². The average molecular weight is 535 g/mol. The molecule has 2 aliphatic rings. The molecule has 0 bridgehead atoms. The first kappa shape index (κ1) is 26.1. The van der Waals surface area contributed by atoms with Crippen LogP contribution < -0.4 is 0 Å². The van der Waals surface area contributed by atoms with E-state index in [9.17, 15) is 0 Å². The SMILES string of the molecule is CC1=Cc2ccccc2[CH]1[Ti][CH]1C(P(C)C)=Cc2ccccc21.c1ccc(CCc2ccccc2)cc1. The van der Waals surface area contributed by atoms with Crippen molar-refractivity contribution in [3.8, 4) is 0 Å². The molecular weight excluding hydrogens is 499 g/mol. The van der Waals surface area contributed by atoms with E-state index in [1.54, 1.807) is 22.0 Å². The van der Waals surface area contributed by atoms with Gasteiger partial charge in [0.25, 0.3) is 0 Å². The van der Waals surface area contributed by atoms with Crippen LogP contribution >= 0.6 is 7.92 Å². The van der Waals surface area contributed by atoms with Crippen molar-refractivity contribution in [1.29, 1.82) is 0 Å². The molecule has 0 amide bonds. The molecule has 37 heavy (non-hydrogen) atoms.